The zero-order valence-corrected chi connectivity index (χ0v) is 15.5. The number of nitrogens with one attached hydrogen (secondary N) is 2. The van der Waals surface area contributed by atoms with E-state index >= 15 is 0 Å². The lowest BCUT2D eigenvalue weighted by molar-refractivity contribution is 0.163. The summed E-state index contributed by atoms with van der Waals surface area (Å²) >= 11 is 6.84. The number of piperidine rings is 1. The summed E-state index contributed by atoms with van der Waals surface area (Å²) in [5.74, 6) is 0. The molecule has 2 amide bonds. The van der Waals surface area contributed by atoms with Crippen LogP contribution in [0.1, 0.15) is 26.7 Å². The molecule has 0 aliphatic carbocycles. The van der Waals surface area contributed by atoms with Crippen LogP contribution in [0.3, 0.4) is 0 Å². The molecule has 0 atom stereocenters. The molecule has 0 saturated carbocycles. The van der Waals surface area contributed by atoms with E-state index in [4.69, 9.17) is 0 Å². The second-order valence-corrected chi connectivity index (χ2v) is 7.40. The van der Waals surface area contributed by atoms with E-state index in [0.29, 0.717) is 6.04 Å². The Morgan fingerprint density at radius 3 is 2.57 bits per heavy atom. The summed E-state index contributed by atoms with van der Waals surface area (Å²) < 4.78 is 1.81. The van der Waals surface area contributed by atoms with Crippen molar-refractivity contribution in [3.63, 3.8) is 0 Å². The molecule has 0 unspecified atom stereocenters. The number of nitrogens with zero attached hydrogens (tertiary/aromatic N) is 1. The molecule has 4 nitrogen and oxygen atoms in total. The first kappa shape index (κ1) is 16.8. The van der Waals surface area contributed by atoms with Gasteiger partial charge in [-0.15, -0.1) is 0 Å². The normalized spacial score (nSPS) is 17.0. The second-order valence-electron chi connectivity index (χ2n) is 5.63. The van der Waals surface area contributed by atoms with Gasteiger partial charge in [-0.1, -0.05) is 15.9 Å². The lowest BCUT2D eigenvalue weighted by Gasteiger charge is -2.34. The maximum atomic E-state index is 12.1. The zero-order chi connectivity index (χ0) is 15.4. The first-order chi connectivity index (χ1) is 9.95. The number of carbonyl (C=O) groups excluding carboxylic acids is 1. The fourth-order valence-corrected chi connectivity index (χ4v) is 3.20. The van der Waals surface area contributed by atoms with Crippen LogP contribution in [0.5, 0.6) is 0 Å². The highest BCUT2D eigenvalue weighted by Crippen LogP contribution is 2.26. The summed E-state index contributed by atoms with van der Waals surface area (Å²) in [5.41, 5.74) is 0.765. The van der Waals surface area contributed by atoms with E-state index < -0.39 is 0 Å². The van der Waals surface area contributed by atoms with Gasteiger partial charge >= 0.3 is 6.03 Å². The molecule has 0 aromatic heterocycles. The third-order valence-electron chi connectivity index (χ3n) is 3.77. The predicted molar refractivity (Wildman–Crippen MR) is 93.7 cm³/mol. The van der Waals surface area contributed by atoms with Crippen molar-refractivity contribution < 1.29 is 4.79 Å². The largest absolute Gasteiger partial charge is 0.335 e. The highest BCUT2D eigenvalue weighted by Gasteiger charge is 2.22. The number of anilines is 1. The van der Waals surface area contributed by atoms with Gasteiger partial charge in [0.15, 0.2) is 0 Å². The first-order valence-electron chi connectivity index (χ1n) is 7.22. The van der Waals surface area contributed by atoms with Gasteiger partial charge in [0.1, 0.15) is 0 Å². The average molecular weight is 419 g/mol. The minimum Gasteiger partial charge on any atom is -0.335 e. The van der Waals surface area contributed by atoms with E-state index in [-0.39, 0.29) is 12.1 Å². The van der Waals surface area contributed by atoms with Gasteiger partial charge in [-0.2, -0.15) is 0 Å². The van der Waals surface area contributed by atoms with Gasteiger partial charge in [-0.3, -0.25) is 0 Å². The van der Waals surface area contributed by atoms with Crippen LogP contribution in [0.15, 0.2) is 27.1 Å². The van der Waals surface area contributed by atoms with Crippen molar-refractivity contribution in [3.05, 3.63) is 27.1 Å². The summed E-state index contributed by atoms with van der Waals surface area (Å²) in [4.78, 5) is 14.5. The molecule has 1 aromatic carbocycles. The highest BCUT2D eigenvalue weighted by atomic mass is 79.9. The van der Waals surface area contributed by atoms with E-state index in [1.807, 2.05) is 18.2 Å². The molecule has 21 heavy (non-hydrogen) atoms. The third kappa shape index (κ3) is 4.97. The lowest BCUT2D eigenvalue weighted by atomic mass is 10.0. The van der Waals surface area contributed by atoms with Gasteiger partial charge in [-0.25, -0.2) is 4.79 Å². The molecular formula is C15H21Br2N3O. The van der Waals surface area contributed by atoms with Crippen LogP contribution in [-0.4, -0.2) is 36.1 Å². The fourth-order valence-electron chi connectivity index (χ4n) is 2.50. The van der Waals surface area contributed by atoms with E-state index in [1.54, 1.807) is 0 Å². The number of likely N-dealkylation sites (tertiary alicyclic amines) is 1. The van der Waals surface area contributed by atoms with E-state index in [1.165, 1.54) is 0 Å². The number of urea groups is 1. The molecule has 2 N–H and O–H groups in total. The maximum Gasteiger partial charge on any atom is 0.319 e. The van der Waals surface area contributed by atoms with Crippen molar-refractivity contribution in [1.29, 1.82) is 0 Å². The van der Waals surface area contributed by atoms with Crippen LogP contribution in [0, 0.1) is 0 Å². The zero-order valence-electron chi connectivity index (χ0n) is 12.3. The fraction of sp³-hybridized carbons (Fsp3) is 0.533. The molecule has 1 saturated heterocycles. The Labute approximate surface area is 142 Å². The van der Waals surface area contributed by atoms with Crippen molar-refractivity contribution in [2.45, 2.75) is 38.8 Å². The van der Waals surface area contributed by atoms with Crippen molar-refractivity contribution >= 4 is 43.6 Å². The summed E-state index contributed by atoms with van der Waals surface area (Å²) in [6.07, 6.45) is 2.01. The topological polar surface area (TPSA) is 44.4 Å². The Morgan fingerprint density at radius 1 is 1.29 bits per heavy atom. The van der Waals surface area contributed by atoms with Gasteiger partial charge < -0.3 is 15.5 Å². The highest BCUT2D eigenvalue weighted by molar-refractivity contribution is 9.11. The molecule has 0 bridgehead atoms. The quantitative estimate of drug-likeness (QED) is 0.772. The molecule has 0 radical (unpaired) electrons. The van der Waals surface area contributed by atoms with Gasteiger partial charge in [0.2, 0.25) is 0 Å². The molecule has 1 fully saturated rings. The van der Waals surface area contributed by atoms with Gasteiger partial charge in [0, 0.05) is 34.1 Å². The molecule has 1 aromatic rings. The number of rotatable bonds is 3. The molecule has 2 rings (SSSR count). The Bertz CT molecular complexity index is 500. The van der Waals surface area contributed by atoms with Crippen molar-refractivity contribution in [2.24, 2.45) is 0 Å². The smallest absolute Gasteiger partial charge is 0.319 e. The first-order valence-corrected chi connectivity index (χ1v) is 8.81. The number of amides is 2. The minimum atomic E-state index is -0.142. The average Bonchev–Trinajstić information content (AvgIpc) is 2.43. The van der Waals surface area contributed by atoms with Crippen LogP contribution in [0.4, 0.5) is 10.5 Å². The molecule has 6 heteroatoms. The summed E-state index contributed by atoms with van der Waals surface area (Å²) in [6, 6.07) is 6.40. The van der Waals surface area contributed by atoms with E-state index in [9.17, 15) is 4.79 Å². The lowest BCUT2D eigenvalue weighted by Crippen LogP contribution is -2.47. The maximum absolute atomic E-state index is 12.1. The number of carbonyl (C=O) groups is 1. The molecule has 0 spiro atoms. The van der Waals surface area contributed by atoms with Gasteiger partial charge in [0.25, 0.3) is 0 Å². The van der Waals surface area contributed by atoms with Crippen LogP contribution in [0.25, 0.3) is 0 Å². The third-order valence-corrected chi connectivity index (χ3v) is 4.96. The summed E-state index contributed by atoms with van der Waals surface area (Å²) in [7, 11) is 0. The molecular weight excluding hydrogens is 398 g/mol. The summed E-state index contributed by atoms with van der Waals surface area (Å²) in [5, 5.41) is 5.95. The SMILES string of the molecule is CC(C)N1CCC(NC(=O)Nc2cc(Br)ccc2Br)CC1. The Balaban J connectivity index is 1.84. The number of hydrogen-bond acceptors (Lipinski definition) is 2. The molecule has 116 valence electrons. The number of benzene rings is 1. The second kappa shape index (κ2) is 7.61. The summed E-state index contributed by atoms with van der Waals surface area (Å²) in [6.45, 7) is 6.52. The minimum absolute atomic E-state index is 0.142. The predicted octanol–water partition coefficient (Wildman–Crippen LogP) is 4.21. The number of hydrogen-bond donors (Lipinski definition) is 2. The van der Waals surface area contributed by atoms with Crippen LogP contribution in [0.2, 0.25) is 0 Å². The van der Waals surface area contributed by atoms with Crippen molar-refractivity contribution in [1.82, 2.24) is 10.2 Å². The monoisotopic (exact) mass is 417 g/mol. The van der Waals surface area contributed by atoms with Crippen LogP contribution < -0.4 is 10.6 Å². The molecule has 1 heterocycles. The van der Waals surface area contributed by atoms with E-state index in [2.05, 4.69) is 61.2 Å². The van der Waals surface area contributed by atoms with Crippen LogP contribution >= 0.6 is 31.9 Å². The van der Waals surface area contributed by atoms with Crippen LogP contribution in [-0.2, 0) is 0 Å². The van der Waals surface area contributed by atoms with Crippen molar-refractivity contribution in [3.8, 4) is 0 Å². The van der Waals surface area contributed by atoms with E-state index in [0.717, 1.165) is 40.6 Å². The van der Waals surface area contributed by atoms with Gasteiger partial charge in [-0.05, 0) is 60.8 Å². The molecule has 1 aliphatic heterocycles. The molecule has 1 aliphatic rings. The van der Waals surface area contributed by atoms with Crippen molar-refractivity contribution in [2.75, 3.05) is 18.4 Å². The Hall–Kier alpha value is -0.590. The number of halogens is 2. The Kier molecular flexibility index (Phi) is 6.08. The Morgan fingerprint density at radius 2 is 1.95 bits per heavy atom. The standard InChI is InChI=1S/C15H21Br2N3O/c1-10(2)20-7-5-12(6-8-20)18-15(21)19-14-9-11(16)3-4-13(14)17/h3-4,9-10,12H,5-8H2,1-2H3,(H2,18,19,21). The van der Waals surface area contributed by atoms with Gasteiger partial charge in [0.05, 0.1) is 5.69 Å².